The zero-order valence-electron chi connectivity index (χ0n) is 12.2. The Bertz CT molecular complexity index is 428. The van der Waals surface area contributed by atoms with Gasteiger partial charge < -0.3 is 5.73 Å². The van der Waals surface area contributed by atoms with E-state index in [1.165, 1.54) is 37.7 Å². The lowest BCUT2D eigenvalue weighted by Gasteiger charge is -2.55. The molecule has 4 aliphatic rings. The van der Waals surface area contributed by atoms with Crippen molar-refractivity contribution >= 4 is 0 Å². The van der Waals surface area contributed by atoms with E-state index in [0.717, 1.165) is 36.1 Å². The highest BCUT2D eigenvalue weighted by atomic mass is 14.6. The van der Waals surface area contributed by atoms with Crippen LogP contribution in [0.3, 0.4) is 0 Å². The first-order valence-electron chi connectivity index (χ1n) is 8.43. The molecule has 20 heavy (non-hydrogen) atoms. The third kappa shape index (κ3) is 2.18. The van der Waals surface area contributed by atoms with Gasteiger partial charge in [-0.15, -0.1) is 0 Å². The maximum Gasteiger partial charge on any atom is 0.0270 e. The quantitative estimate of drug-likeness (QED) is 0.908. The Kier molecular flexibility index (Phi) is 3.30. The fourth-order valence-electron chi connectivity index (χ4n) is 5.76. The minimum atomic E-state index is 0.542. The average molecular weight is 270 g/mol. The summed E-state index contributed by atoms with van der Waals surface area (Å²) in [6.07, 6.45) is 12.8. The summed E-state index contributed by atoms with van der Waals surface area (Å²) in [7, 11) is 0. The summed E-state index contributed by atoms with van der Waals surface area (Å²) in [5.41, 5.74) is 7.49. The minimum Gasteiger partial charge on any atom is -0.330 e. The van der Waals surface area contributed by atoms with E-state index in [2.05, 4.69) is 17.1 Å². The van der Waals surface area contributed by atoms with Crippen molar-refractivity contribution < 1.29 is 0 Å². The summed E-state index contributed by atoms with van der Waals surface area (Å²) >= 11 is 0. The molecule has 4 aliphatic carbocycles. The maximum atomic E-state index is 6.09. The third-order valence-electron chi connectivity index (χ3n) is 6.44. The van der Waals surface area contributed by atoms with Crippen molar-refractivity contribution in [2.45, 2.75) is 44.4 Å². The second kappa shape index (κ2) is 5.14. The van der Waals surface area contributed by atoms with Crippen LogP contribution in [0.4, 0.5) is 0 Å². The van der Waals surface area contributed by atoms with Crippen LogP contribution < -0.4 is 5.73 Å². The van der Waals surface area contributed by atoms with Crippen LogP contribution >= 0.6 is 0 Å². The number of nitrogens with two attached hydrogens (primary N) is 1. The summed E-state index contributed by atoms with van der Waals surface area (Å²) in [6.45, 7) is 0.785. The smallest absolute Gasteiger partial charge is 0.0270 e. The summed E-state index contributed by atoms with van der Waals surface area (Å²) < 4.78 is 0. The van der Waals surface area contributed by atoms with E-state index in [-0.39, 0.29) is 0 Å². The number of pyridine rings is 1. The predicted octanol–water partition coefficient (Wildman–Crippen LogP) is 3.59. The first-order chi connectivity index (χ1) is 9.83. The molecule has 5 rings (SSSR count). The maximum absolute atomic E-state index is 6.09. The molecular formula is C18H26N2. The Morgan fingerprint density at radius 1 is 1.00 bits per heavy atom. The molecular weight excluding hydrogens is 244 g/mol. The van der Waals surface area contributed by atoms with Crippen LogP contribution in [0.1, 0.15) is 50.0 Å². The number of hydrogen-bond acceptors (Lipinski definition) is 2. The molecule has 4 bridgehead atoms. The molecule has 1 aromatic rings. The second-order valence-corrected chi connectivity index (χ2v) is 7.54. The highest BCUT2D eigenvalue weighted by Gasteiger charge is 2.48. The molecule has 1 aromatic heterocycles. The molecule has 0 amide bonds. The van der Waals surface area contributed by atoms with Gasteiger partial charge in [-0.2, -0.15) is 0 Å². The fourth-order valence-corrected chi connectivity index (χ4v) is 5.76. The Balaban J connectivity index is 1.50. The lowest BCUT2D eigenvalue weighted by molar-refractivity contribution is -0.0419. The molecule has 2 N–H and O–H groups in total. The van der Waals surface area contributed by atoms with E-state index in [4.69, 9.17) is 5.73 Å². The Morgan fingerprint density at radius 3 is 2.15 bits per heavy atom. The molecule has 0 aliphatic heterocycles. The zero-order valence-corrected chi connectivity index (χ0v) is 12.2. The Labute approximate surface area is 122 Å². The standard InChI is InChI=1S/C18H26N2/c19-11-17(14-1-3-20-4-2-14)10-18-15-6-12-5-13(8-15)9-16(18)7-12/h1-4,12-13,15-18H,5-11,19H2. The van der Waals surface area contributed by atoms with Crippen LogP contribution in [0.25, 0.3) is 0 Å². The lowest BCUT2D eigenvalue weighted by atomic mass is 9.50. The highest BCUT2D eigenvalue weighted by Crippen LogP contribution is 2.58. The molecule has 0 spiro atoms. The number of aromatic nitrogens is 1. The van der Waals surface area contributed by atoms with E-state index < -0.39 is 0 Å². The summed E-state index contributed by atoms with van der Waals surface area (Å²) in [5.74, 6) is 5.67. The van der Waals surface area contributed by atoms with Gasteiger partial charge in [-0.25, -0.2) is 0 Å². The molecule has 4 fully saturated rings. The van der Waals surface area contributed by atoms with Gasteiger partial charge in [0.25, 0.3) is 0 Å². The normalized spacial score (nSPS) is 40.0. The average Bonchev–Trinajstić information content (AvgIpc) is 2.47. The largest absolute Gasteiger partial charge is 0.330 e. The first-order valence-corrected chi connectivity index (χ1v) is 8.43. The van der Waals surface area contributed by atoms with Gasteiger partial charge in [-0.3, -0.25) is 4.98 Å². The lowest BCUT2D eigenvalue weighted by Crippen LogP contribution is -2.45. The van der Waals surface area contributed by atoms with Crippen LogP contribution in [-0.2, 0) is 0 Å². The monoisotopic (exact) mass is 270 g/mol. The van der Waals surface area contributed by atoms with Crippen molar-refractivity contribution in [3.63, 3.8) is 0 Å². The van der Waals surface area contributed by atoms with Gasteiger partial charge in [0.2, 0.25) is 0 Å². The van der Waals surface area contributed by atoms with Crippen molar-refractivity contribution in [1.82, 2.24) is 4.98 Å². The zero-order chi connectivity index (χ0) is 13.5. The van der Waals surface area contributed by atoms with E-state index in [1.54, 1.807) is 6.42 Å². The van der Waals surface area contributed by atoms with Gasteiger partial charge in [0.05, 0.1) is 0 Å². The van der Waals surface area contributed by atoms with E-state index in [1.807, 2.05) is 12.4 Å². The molecule has 0 radical (unpaired) electrons. The summed E-state index contributed by atoms with van der Waals surface area (Å²) in [5, 5.41) is 0. The van der Waals surface area contributed by atoms with Crippen molar-refractivity contribution in [1.29, 1.82) is 0 Å². The second-order valence-electron chi connectivity index (χ2n) is 7.54. The number of nitrogens with zero attached hydrogens (tertiary/aromatic N) is 1. The molecule has 2 heteroatoms. The molecule has 1 unspecified atom stereocenters. The van der Waals surface area contributed by atoms with Crippen LogP contribution in [0.5, 0.6) is 0 Å². The number of hydrogen-bond donors (Lipinski definition) is 1. The molecule has 2 nitrogen and oxygen atoms in total. The minimum absolute atomic E-state index is 0.542. The summed E-state index contributed by atoms with van der Waals surface area (Å²) in [6, 6.07) is 4.32. The van der Waals surface area contributed by atoms with Gasteiger partial charge in [0, 0.05) is 12.4 Å². The molecule has 108 valence electrons. The van der Waals surface area contributed by atoms with E-state index in [0.29, 0.717) is 5.92 Å². The Hall–Kier alpha value is -0.890. The number of rotatable bonds is 4. The van der Waals surface area contributed by atoms with Crippen LogP contribution in [-0.4, -0.2) is 11.5 Å². The van der Waals surface area contributed by atoms with Gasteiger partial charge >= 0.3 is 0 Å². The third-order valence-corrected chi connectivity index (χ3v) is 6.44. The van der Waals surface area contributed by atoms with Crippen molar-refractivity contribution in [3.8, 4) is 0 Å². The molecule has 0 saturated heterocycles. The fraction of sp³-hybridized carbons (Fsp3) is 0.722. The van der Waals surface area contributed by atoms with Gasteiger partial charge in [0.1, 0.15) is 0 Å². The van der Waals surface area contributed by atoms with Crippen molar-refractivity contribution in [3.05, 3.63) is 30.1 Å². The van der Waals surface area contributed by atoms with Crippen LogP contribution in [0.15, 0.2) is 24.5 Å². The van der Waals surface area contributed by atoms with E-state index >= 15 is 0 Å². The predicted molar refractivity (Wildman–Crippen MR) is 81.2 cm³/mol. The van der Waals surface area contributed by atoms with Crippen molar-refractivity contribution in [2.75, 3.05) is 6.54 Å². The SMILES string of the molecule is NCC(CC1C2CC3CC(C2)CC1C3)c1ccncc1. The molecule has 1 atom stereocenters. The topological polar surface area (TPSA) is 38.9 Å². The summed E-state index contributed by atoms with van der Waals surface area (Å²) in [4.78, 5) is 4.14. The Morgan fingerprint density at radius 2 is 1.60 bits per heavy atom. The van der Waals surface area contributed by atoms with Crippen molar-refractivity contribution in [2.24, 2.45) is 35.3 Å². The van der Waals surface area contributed by atoms with Crippen LogP contribution in [0, 0.1) is 29.6 Å². The molecule has 0 aromatic carbocycles. The molecule has 1 heterocycles. The first kappa shape index (κ1) is 12.8. The van der Waals surface area contributed by atoms with E-state index in [9.17, 15) is 0 Å². The van der Waals surface area contributed by atoms with Gasteiger partial charge in [-0.1, -0.05) is 0 Å². The highest BCUT2D eigenvalue weighted by molar-refractivity contribution is 5.17. The molecule has 4 saturated carbocycles. The van der Waals surface area contributed by atoms with Gasteiger partial charge in [0.15, 0.2) is 0 Å². The van der Waals surface area contributed by atoms with Gasteiger partial charge in [-0.05, 0) is 98.3 Å². The van der Waals surface area contributed by atoms with Crippen LogP contribution in [0.2, 0.25) is 0 Å².